The molecule has 6 N–H and O–H groups in total. The highest BCUT2D eigenvalue weighted by Gasteiger charge is 2.17. The predicted molar refractivity (Wildman–Crippen MR) is 111 cm³/mol. The first-order valence-electron chi connectivity index (χ1n) is 8.78. The number of hydrogen-bond acceptors (Lipinski definition) is 6. The van der Waals surface area contributed by atoms with Crippen molar-refractivity contribution in [3.8, 4) is 0 Å². The molecule has 0 aliphatic rings. The fourth-order valence-electron chi connectivity index (χ4n) is 2.47. The summed E-state index contributed by atoms with van der Waals surface area (Å²) in [5.41, 5.74) is 16.0. The summed E-state index contributed by atoms with van der Waals surface area (Å²) in [6.45, 7) is 13.7. The van der Waals surface area contributed by atoms with Crippen LogP contribution < -0.4 is 16.8 Å². The van der Waals surface area contributed by atoms with Gasteiger partial charge in [-0.15, -0.1) is 0 Å². The average molecular weight is 355 g/mol. The average Bonchev–Trinajstić information content (AvgIpc) is 2.57. The summed E-state index contributed by atoms with van der Waals surface area (Å²) < 4.78 is 0. The van der Waals surface area contributed by atoms with Crippen molar-refractivity contribution >= 4 is 17.3 Å². The van der Waals surface area contributed by atoms with Gasteiger partial charge in [0.15, 0.2) is 0 Å². The molecule has 0 aliphatic heterocycles. The molecule has 0 saturated heterocycles. The second kappa shape index (κ2) is 9.56. The predicted octanol–water partition coefficient (Wildman–Crippen LogP) is 3.64. The van der Waals surface area contributed by atoms with Crippen LogP contribution >= 0.6 is 0 Å². The van der Waals surface area contributed by atoms with Crippen LogP contribution in [0.25, 0.3) is 0 Å². The van der Waals surface area contributed by atoms with Gasteiger partial charge in [0.1, 0.15) is 18.0 Å². The molecule has 0 fully saturated rings. The first-order valence-corrected chi connectivity index (χ1v) is 8.78. The van der Waals surface area contributed by atoms with Crippen molar-refractivity contribution < 1.29 is 0 Å². The second-order valence-corrected chi connectivity index (χ2v) is 6.13. The number of rotatable bonds is 6. The van der Waals surface area contributed by atoms with Crippen molar-refractivity contribution in [2.24, 2.45) is 5.73 Å². The Kier molecular flexibility index (Phi) is 7.77. The fraction of sp³-hybridized carbons (Fsp3) is 0.350. The van der Waals surface area contributed by atoms with Gasteiger partial charge < -0.3 is 16.8 Å². The molecule has 0 spiro atoms. The van der Waals surface area contributed by atoms with Gasteiger partial charge in [0.25, 0.3) is 0 Å². The monoisotopic (exact) mass is 354 g/mol. The first-order chi connectivity index (χ1) is 12.3. The first kappa shape index (κ1) is 21.2. The SMILES string of the molecule is C=C(N)Cc1ccc(C(=N)c2c(N)ncnc2NC(C)C)cc1C.CC. The Hall–Kier alpha value is -2.89. The van der Waals surface area contributed by atoms with E-state index >= 15 is 0 Å². The van der Waals surface area contributed by atoms with Gasteiger partial charge in [0.05, 0.1) is 11.3 Å². The van der Waals surface area contributed by atoms with E-state index in [-0.39, 0.29) is 17.6 Å². The van der Waals surface area contributed by atoms with Crippen LogP contribution in [0.2, 0.25) is 0 Å². The lowest BCUT2D eigenvalue weighted by Crippen LogP contribution is -2.18. The number of allylic oxidation sites excluding steroid dienone is 1. The van der Waals surface area contributed by atoms with Gasteiger partial charge in [-0.25, -0.2) is 9.97 Å². The molecule has 26 heavy (non-hydrogen) atoms. The maximum atomic E-state index is 8.56. The molecule has 140 valence electrons. The van der Waals surface area contributed by atoms with Crippen molar-refractivity contribution in [1.82, 2.24) is 9.97 Å². The number of hydrogen-bond donors (Lipinski definition) is 4. The van der Waals surface area contributed by atoms with Gasteiger partial charge in [-0.2, -0.15) is 0 Å². The van der Waals surface area contributed by atoms with E-state index < -0.39 is 0 Å². The molecule has 6 heteroatoms. The van der Waals surface area contributed by atoms with Gasteiger partial charge >= 0.3 is 0 Å². The van der Waals surface area contributed by atoms with Gasteiger partial charge in [-0.3, -0.25) is 5.41 Å². The normalized spacial score (nSPS) is 10.1. The summed E-state index contributed by atoms with van der Waals surface area (Å²) in [5, 5.41) is 11.8. The summed E-state index contributed by atoms with van der Waals surface area (Å²) in [6, 6.07) is 5.98. The minimum atomic E-state index is 0.172. The van der Waals surface area contributed by atoms with E-state index in [1.54, 1.807) is 0 Å². The zero-order valence-electron chi connectivity index (χ0n) is 16.4. The highest BCUT2D eigenvalue weighted by atomic mass is 15.1. The Labute approximate surface area is 156 Å². The van der Waals surface area contributed by atoms with Gasteiger partial charge in [0.2, 0.25) is 0 Å². The zero-order valence-corrected chi connectivity index (χ0v) is 16.4. The van der Waals surface area contributed by atoms with E-state index in [9.17, 15) is 0 Å². The minimum Gasteiger partial charge on any atom is -0.402 e. The number of aromatic nitrogens is 2. The molecule has 0 saturated carbocycles. The molecule has 2 rings (SSSR count). The fourth-order valence-corrected chi connectivity index (χ4v) is 2.47. The number of aryl methyl sites for hydroxylation is 1. The van der Waals surface area contributed by atoms with Crippen molar-refractivity contribution in [2.75, 3.05) is 11.1 Å². The number of nitrogens with zero attached hydrogens (tertiary/aromatic N) is 2. The van der Waals surface area contributed by atoms with Crippen LogP contribution in [-0.4, -0.2) is 21.7 Å². The largest absolute Gasteiger partial charge is 0.402 e. The molecule has 6 nitrogen and oxygen atoms in total. The molecule has 1 aromatic heterocycles. The van der Waals surface area contributed by atoms with E-state index in [1.165, 1.54) is 6.33 Å². The van der Waals surface area contributed by atoms with E-state index in [0.29, 0.717) is 23.5 Å². The molecule has 0 atom stereocenters. The molecular formula is C20H30N6. The molecule has 0 amide bonds. The Morgan fingerprint density at radius 2 is 1.92 bits per heavy atom. The van der Waals surface area contributed by atoms with Crippen molar-refractivity contribution in [3.63, 3.8) is 0 Å². The maximum Gasteiger partial charge on any atom is 0.141 e. The molecular weight excluding hydrogens is 324 g/mol. The number of nitrogens with one attached hydrogen (secondary N) is 2. The number of anilines is 2. The smallest absolute Gasteiger partial charge is 0.141 e. The molecule has 0 radical (unpaired) electrons. The van der Waals surface area contributed by atoms with Crippen LogP contribution in [0.3, 0.4) is 0 Å². The third kappa shape index (κ3) is 5.31. The Balaban J connectivity index is 0.00000163. The van der Waals surface area contributed by atoms with Crippen LogP contribution in [0.4, 0.5) is 11.6 Å². The molecule has 0 bridgehead atoms. The highest BCUT2D eigenvalue weighted by Crippen LogP contribution is 2.23. The summed E-state index contributed by atoms with van der Waals surface area (Å²) in [4.78, 5) is 8.27. The van der Waals surface area contributed by atoms with E-state index in [1.807, 2.05) is 52.8 Å². The Bertz CT molecular complexity index is 780. The standard InChI is InChI=1S/C18H24N6.C2H6/c1-10(2)24-18-15(17(21)22-9-23-18)16(20)14-6-5-13(8-12(4)19)11(3)7-14;1-2/h5-7,9-10,20H,4,8,19H2,1-3H3,(H3,21,22,23,24);1-2H3. The van der Waals surface area contributed by atoms with Gasteiger partial charge in [-0.05, 0) is 38.0 Å². The maximum absolute atomic E-state index is 8.56. The summed E-state index contributed by atoms with van der Waals surface area (Å²) in [5.74, 6) is 0.856. The van der Waals surface area contributed by atoms with E-state index in [2.05, 4.69) is 21.9 Å². The van der Waals surface area contributed by atoms with Crippen LogP contribution in [0.15, 0.2) is 36.8 Å². The lowest BCUT2D eigenvalue weighted by Gasteiger charge is -2.16. The van der Waals surface area contributed by atoms with Crippen molar-refractivity contribution in [2.45, 2.75) is 47.1 Å². The number of nitrogens with two attached hydrogens (primary N) is 2. The third-order valence-corrected chi connectivity index (χ3v) is 3.60. The van der Waals surface area contributed by atoms with Crippen LogP contribution in [0.1, 0.15) is 49.9 Å². The Morgan fingerprint density at radius 1 is 1.27 bits per heavy atom. The number of benzene rings is 1. The van der Waals surface area contributed by atoms with E-state index in [0.717, 1.165) is 16.7 Å². The Morgan fingerprint density at radius 3 is 2.46 bits per heavy atom. The van der Waals surface area contributed by atoms with Crippen LogP contribution in [0.5, 0.6) is 0 Å². The quantitative estimate of drug-likeness (QED) is 0.591. The zero-order chi connectivity index (χ0) is 19.9. The molecule has 2 aromatic rings. The topological polar surface area (TPSA) is 114 Å². The molecule has 1 heterocycles. The minimum absolute atomic E-state index is 0.172. The van der Waals surface area contributed by atoms with Gasteiger partial charge in [0, 0.05) is 23.7 Å². The second-order valence-electron chi connectivity index (χ2n) is 6.13. The van der Waals surface area contributed by atoms with Crippen LogP contribution in [0, 0.1) is 12.3 Å². The lowest BCUT2D eigenvalue weighted by atomic mass is 9.96. The van der Waals surface area contributed by atoms with Crippen LogP contribution in [-0.2, 0) is 6.42 Å². The molecule has 0 aliphatic carbocycles. The molecule has 1 aromatic carbocycles. The third-order valence-electron chi connectivity index (χ3n) is 3.60. The summed E-state index contributed by atoms with van der Waals surface area (Å²) in [7, 11) is 0. The summed E-state index contributed by atoms with van der Waals surface area (Å²) in [6.07, 6.45) is 2.02. The highest BCUT2D eigenvalue weighted by molar-refractivity contribution is 6.16. The van der Waals surface area contributed by atoms with Crippen molar-refractivity contribution in [3.05, 3.63) is 59.1 Å². The lowest BCUT2D eigenvalue weighted by molar-refractivity contribution is 0.885. The van der Waals surface area contributed by atoms with Gasteiger partial charge in [-0.1, -0.05) is 32.6 Å². The number of nitrogen functional groups attached to an aromatic ring is 1. The summed E-state index contributed by atoms with van der Waals surface area (Å²) >= 11 is 0. The van der Waals surface area contributed by atoms with Crippen molar-refractivity contribution in [1.29, 1.82) is 5.41 Å². The molecule has 0 unspecified atom stereocenters. The van der Waals surface area contributed by atoms with E-state index in [4.69, 9.17) is 16.9 Å².